The molecule has 0 amide bonds. The van der Waals surface area contributed by atoms with Crippen LogP contribution in [0, 0.1) is 0 Å². The molecule has 1 aromatic heterocycles. The van der Waals surface area contributed by atoms with Crippen LogP contribution in [0.2, 0.25) is 0 Å². The van der Waals surface area contributed by atoms with Gasteiger partial charge in [0.15, 0.2) is 0 Å². The quantitative estimate of drug-likeness (QED) is 0.783. The summed E-state index contributed by atoms with van der Waals surface area (Å²) in [6.07, 6.45) is 1.02. The molecule has 1 rings (SSSR count). The molecule has 0 aliphatic rings. The molecule has 0 spiro atoms. The molecule has 0 radical (unpaired) electrons. The molecule has 1 aromatic rings. The second-order valence-electron chi connectivity index (χ2n) is 4.38. The summed E-state index contributed by atoms with van der Waals surface area (Å²) in [7, 11) is 1.64. The number of ether oxygens (including phenoxy) is 1. The lowest BCUT2D eigenvalue weighted by atomic mass is 10.2. The summed E-state index contributed by atoms with van der Waals surface area (Å²) >= 11 is 0. The van der Waals surface area contributed by atoms with Gasteiger partial charge in [-0.05, 0) is 32.9 Å². The molecule has 0 unspecified atom stereocenters. The Kier molecular flexibility index (Phi) is 5.94. The van der Waals surface area contributed by atoms with Crippen LogP contribution >= 0.6 is 0 Å². The van der Waals surface area contributed by atoms with E-state index in [4.69, 9.17) is 10.5 Å². The van der Waals surface area contributed by atoms with Crippen molar-refractivity contribution in [3.63, 3.8) is 0 Å². The van der Waals surface area contributed by atoms with E-state index in [2.05, 4.69) is 23.7 Å². The summed E-state index contributed by atoms with van der Waals surface area (Å²) in [5, 5.41) is 0. The second-order valence-corrected chi connectivity index (χ2v) is 4.38. The van der Waals surface area contributed by atoms with Gasteiger partial charge in [-0.2, -0.15) is 0 Å². The number of hydrogen-bond donors (Lipinski definition) is 1. The zero-order valence-corrected chi connectivity index (χ0v) is 11.0. The summed E-state index contributed by atoms with van der Waals surface area (Å²) < 4.78 is 5.13. The first-order valence-corrected chi connectivity index (χ1v) is 6.11. The van der Waals surface area contributed by atoms with Gasteiger partial charge in [-0.15, -0.1) is 0 Å². The van der Waals surface area contributed by atoms with E-state index in [0.717, 1.165) is 31.7 Å². The fraction of sp³-hybridized carbons (Fsp3) is 0.615. The number of methoxy groups -OCH3 is 1. The van der Waals surface area contributed by atoms with Crippen molar-refractivity contribution in [3.05, 3.63) is 23.9 Å². The van der Waals surface area contributed by atoms with E-state index >= 15 is 0 Å². The molecule has 17 heavy (non-hydrogen) atoms. The highest BCUT2D eigenvalue weighted by Gasteiger charge is 2.10. The largest absolute Gasteiger partial charge is 0.481 e. The molecule has 0 aromatic carbocycles. The van der Waals surface area contributed by atoms with Gasteiger partial charge in [0.1, 0.15) is 0 Å². The van der Waals surface area contributed by atoms with E-state index in [1.165, 1.54) is 0 Å². The van der Waals surface area contributed by atoms with Crippen molar-refractivity contribution in [1.29, 1.82) is 0 Å². The van der Waals surface area contributed by atoms with E-state index in [9.17, 15) is 0 Å². The number of rotatable bonds is 7. The third-order valence-corrected chi connectivity index (χ3v) is 2.74. The zero-order valence-electron chi connectivity index (χ0n) is 11.0. The third kappa shape index (κ3) is 4.71. The molecule has 1 heterocycles. The van der Waals surface area contributed by atoms with Gasteiger partial charge in [0.05, 0.1) is 12.8 Å². The van der Waals surface area contributed by atoms with E-state index in [1.807, 2.05) is 18.2 Å². The Balaban J connectivity index is 2.64. The van der Waals surface area contributed by atoms with Crippen LogP contribution in [-0.2, 0) is 6.54 Å². The highest BCUT2D eigenvalue weighted by Crippen LogP contribution is 2.11. The molecule has 0 fully saturated rings. The summed E-state index contributed by atoms with van der Waals surface area (Å²) in [6, 6.07) is 6.36. The standard InChI is InChI=1S/C13H23N3O/c1-11(2)16(9-5-8-14)10-12-6-4-7-13(15-12)17-3/h4,6-7,11H,5,8-10,14H2,1-3H3. The van der Waals surface area contributed by atoms with Gasteiger partial charge in [-0.3, -0.25) is 4.90 Å². The first-order valence-electron chi connectivity index (χ1n) is 6.11. The fourth-order valence-corrected chi connectivity index (χ4v) is 1.68. The van der Waals surface area contributed by atoms with E-state index in [1.54, 1.807) is 7.11 Å². The third-order valence-electron chi connectivity index (χ3n) is 2.74. The summed E-state index contributed by atoms with van der Waals surface area (Å²) in [4.78, 5) is 6.80. The topological polar surface area (TPSA) is 51.4 Å². The molecule has 4 nitrogen and oxygen atoms in total. The van der Waals surface area contributed by atoms with Gasteiger partial charge < -0.3 is 10.5 Å². The van der Waals surface area contributed by atoms with Gasteiger partial charge in [0, 0.05) is 25.2 Å². The van der Waals surface area contributed by atoms with E-state index in [-0.39, 0.29) is 0 Å². The predicted octanol–water partition coefficient (Wildman–Crippen LogP) is 1.65. The number of nitrogens with zero attached hydrogens (tertiary/aromatic N) is 2. The molecule has 96 valence electrons. The lowest BCUT2D eigenvalue weighted by Gasteiger charge is -2.25. The van der Waals surface area contributed by atoms with Crippen LogP contribution in [0.15, 0.2) is 18.2 Å². The normalized spacial score (nSPS) is 11.2. The Morgan fingerprint density at radius 2 is 2.18 bits per heavy atom. The van der Waals surface area contributed by atoms with Gasteiger partial charge in [-0.1, -0.05) is 6.07 Å². The van der Waals surface area contributed by atoms with Gasteiger partial charge in [0.25, 0.3) is 0 Å². The molecular formula is C13H23N3O. The van der Waals surface area contributed by atoms with Gasteiger partial charge in [0.2, 0.25) is 5.88 Å². The van der Waals surface area contributed by atoms with Crippen LogP contribution in [0.25, 0.3) is 0 Å². The minimum atomic E-state index is 0.495. The first kappa shape index (κ1) is 13.9. The van der Waals surface area contributed by atoms with Crippen LogP contribution in [0.1, 0.15) is 26.0 Å². The number of nitrogens with two attached hydrogens (primary N) is 1. The average Bonchev–Trinajstić information content (AvgIpc) is 2.34. The Labute approximate surface area is 104 Å². The van der Waals surface area contributed by atoms with E-state index in [0.29, 0.717) is 11.9 Å². The van der Waals surface area contributed by atoms with Crippen molar-refractivity contribution >= 4 is 0 Å². The Morgan fingerprint density at radius 3 is 2.76 bits per heavy atom. The van der Waals surface area contributed by atoms with Crippen LogP contribution in [0.4, 0.5) is 0 Å². The Hall–Kier alpha value is -1.13. The monoisotopic (exact) mass is 237 g/mol. The highest BCUT2D eigenvalue weighted by molar-refractivity contribution is 5.15. The molecular weight excluding hydrogens is 214 g/mol. The lowest BCUT2D eigenvalue weighted by Crippen LogP contribution is -2.32. The molecule has 0 saturated carbocycles. The smallest absolute Gasteiger partial charge is 0.213 e. The van der Waals surface area contributed by atoms with Crippen LogP contribution < -0.4 is 10.5 Å². The SMILES string of the molecule is COc1cccc(CN(CCCN)C(C)C)n1. The summed E-state index contributed by atoms with van der Waals surface area (Å²) in [5.41, 5.74) is 6.59. The molecule has 0 aliphatic carbocycles. The van der Waals surface area contributed by atoms with Crippen molar-refractivity contribution in [2.45, 2.75) is 32.9 Å². The zero-order chi connectivity index (χ0) is 12.7. The number of pyridine rings is 1. The van der Waals surface area contributed by atoms with Gasteiger partial charge in [-0.25, -0.2) is 4.98 Å². The van der Waals surface area contributed by atoms with Crippen molar-refractivity contribution in [2.75, 3.05) is 20.2 Å². The maximum atomic E-state index is 5.55. The maximum Gasteiger partial charge on any atom is 0.213 e. The maximum absolute atomic E-state index is 5.55. The lowest BCUT2D eigenvalue weighted by molar-refractivity contribution is 0.208. The molecule has 4 heteroatoms. The fourth-order valence-electron chi connectivity index (χ4n) is 1.68. The molecule has 2 N–H and O–H groups in total. The van der Waals surface area contributed by atoms with Crippen molar-refractivity contribution < 1.29 is 4.74 Å². The van der Waals surface area contributed by atoms with E-state index < -0.39 is 0 Å². The Morgan fingerprint density at radius 1 is 1.41 bits per heavy atom. The Bertz CT molecular complexity index is 328. The second kappa shape index (κ2) is 7.25. The van der Waals surface area contributed by atoms with Crippen molar-refractivity contribution in [3.8, 4) is 5.88 Å². The molecule has 0 bridgehead atoms. The summed E-state index contributed by atoms with van der Waals surface area (Å²) in [6.45, 7) is 6.96. The molecule has 0 aliphatic heterocycles. The van der Waals surface area contributed by atoms with Crippen LogP contribution in [0.3, 0.4) is 0 Å². The summed E-state index contributed by atoms with van der Waals surface area (Å²) in [5.74, 6) is 0.671. The minimum absolute atomic E-state index is 0.495. The number of hydrogen-bond acceptors (Lipinski definition) is 4. The van der Waals surface area contributed by atoms with Crippen LogP contribution in [0.5, 0.6) is 5.88 Å². The first-order chi connectivity index (χ1) is 8.17. The predicted molar refractivity (Wildman–Crippen MR) is 70.0 cm³/mol. The highest BCUT2D eigenvalue weighted by atomic mass is 16.5. The average molecular weight is 237 g/mol. The number of aromatic nitrogens is 1. The molecule has 0 atom stereocenters. The minimum Gasteiger partial charge on any atom is -0.481 e. The van der Waals surface area contributed by atoms with Crippen molar-refractivity contribution in [1.82, 2.24) is 9.88 Å². The van der Waals surface area contributed by atoms with Crippen LogP contribution in [-0.4, -0.2) is 36.1 Å². The van der Waals surface area contributed by atoms with Gasteiger partial charge >= 0.3 is 0 Å². The molecule has 0 saturated heterocycles. The van der Waals surface area contributed by atoms with Crippen molar-refractivity contribution in [2.24, 2.45) is 5.73 Å².